The van der Waals surface area contributed by atoms with E-state index in [0.717, 1.165) is 11.3 Å². The normalized spacial score (nSPS) is 11.7. The molecule has 0 aliphatic carbocycles. The molecule has 0 saturated heterocycles. The summed E-state index contributed by atoms with van der Waals surface area (Å²) in [5, 5.41) is 11.1. The van der Waals surface area contributed by atoms with Gasteiger partial charge in [0.2, 0.25) is 5.91 Å². The van der Waals surface area contributed by atoms with Gasteiger partial charge in [0, 0.05) is 26.2 Å². The number of carbonyl (C=O) groups is 2. The van der Waals surface area contributed by atoms with Crippen molar-refractivity contribution in [3.63, 3.8) is 0 Å². The molecule has 1 rings (SSSR count). The molecule has 1 atom stereocenters. The maximum absolute atomic E-state index is 11.5. The summed E-state index contributed by atoms with van der Waals surface area (Å²) >= 11 is 0. The third kappa shape index (κ3) is 4.99. The number of benzene rings is 1. The Bertz CT molecular complexity index is 441. The fourth-order valence-corrected chi connectivity index (χ4v) is 1.59. The van der Waals surface area contributed by atoms with Crippen molar-refractivity contribution in [3.05, 3.63) is 29.8 Å². The van der Waals surface area contributed by atoms with E-state index in [1.807, 2.05) is 43.3 Å². The molecule has 0 fully saturated rings. The van der Waals surface area contributed by atoms with Crippen LogP contribution in [0.25, 0.3) is 0 Å². The number of hydrogen-bond donors (Lipinski definition) is 2. The Labute approximate surface area is 113 Å². The lowest BCUT2D eigenvalue weighted by Crippen LogP contribution is -2.38. The Morgan fingerprint density at radius 1 is 1.26 bits per heavy atom. The standard InChI is InChI=1S/C14H20N2O3/c1-10(14(18)19)15-13(17)9-6-11-4-7-12(8-5-11)16(2)3/h4-5,7-8,10H,6,9H2,1-3H3,(H,15,17)(H,18,19). The van der Waals surface area contributed by atoms with Gasteiger partial charge in [-0.3, -0.25) is 9.59 Å². The highest BCUT2D eigenvalue weighted by atomic mass is 16.4. The van der Waals surface area contributed by atoms with Crippen molar-refractivity contribution in [1.29, 1.82) is 0 Å². The van der Waals surface area contributed by atoms with Gasteiger partial charge in [-0.25, -0.2) is 0 Å². The van der Waals surface area contributed by atoms with Crippen LogP contribution in [0.1, 0.15) is 18.9 Å². The van der Waals surface area contributed by atoms with Crippen molar-refractivity contribution in [2.24, 2.45) is 0 Å². The molecule has 0 spiro atoms. The van der Waals surface area contributed by atoms with Crippen LogP contribution >= 0.6 is 0 Å². The minimum atomic E-state index is -1.02. The summed E-state index contributed by atoms with van der Waals surface area (Å²) in [7, 11) is 3.94. The number of nitrogens with zero attached hydrogens (tertiary/aromatic N) is 1. The fourth-order valence-electron chi connectivity index (χ4n) is 1.59. The Morgan fingerprint density at radius 3 is 2.32 bits per heavy atom. The molecule has 0 radical (unpaired) electrons. The third-order valence-corrected chi connectivity index (χ3v) is 2.84. The lowest BCUT2D eigenvalue weighted by atomic mass is 10.1. The van der Waals surface area contributed by atoms with Crippen LogP contribution in [0.15, 0.2) is 24.3 Å². The molecule has 5 nitrogen and oxygen atoms in total. The molecular formula is C14H20N2O3. The van der Waals surface area contributed by atoms with Gasteiger partial charge in [0.15, 0.2) is 0 Å². The first-order valence-corrected chi connectivity index (χ1v) is 6.18. The second-order valence-corrected chi connectivity index (χ2v) is 4.69. The molecule has 1 aromatic rings. The van der Waals surface area contributed by atoms with Gasteiger partial charge in [0.05, 0.1) is 0 Å². The second kappa shape index (κ2) is 6.78. The number of anilines is 1. The zero-order valence-corrected chi connectivity index (χ0v) is 11.5. The van der Waals surface area contributed by atoms with Gasteiger partial charge in [0.25, 0.3) is 0 Å². The van der Waals surface area contributed by atoms with Crippen molar-refractivity contribution in [2.75, 3.05) is 19.0 Å². The molecule has 0 aliphatic rings. The molecular weight excluding hydrogens is 244 g/mol. The smallest absolute Gasteiger partial charge is 0.325 e. The zero-order chi connectivity index (χ0) is 14.4. The highest BCUT2D eigenvalue weighted by molar-refractivity contribution is 5.83. The van der Waals surface area contributed by atoms with Crippen molar-refractivity contribution < 1.29 is 14.7 Å². The first-order chi connectivity index (χ1) is 8.90. The van der Waals surface area contributed by atoms with Crippen molar-refractivity contribution in [2.45, 2.75) is 25.8 Å². The predicted octanol–water partition coefficient (Wildman–Crippen LogP) is 1.27. The molecule has 0 heterocycles. The van der Waals surface area contributed by atoms with Gasteiger partial charge in [-0.15, -0.1) is 0 Å². The van der Waals surface area contributed by atoms with Crippen LogP contribution in [0.4, 0.5) is 5.69 Å². The largest absolute Gasteiger partial charge is 0.480 e. The molecule has 2 N–H and O–H groups in total. The minimum absolute atomic E-state index is 0.244. The van der Waals surface area contributed by atoms with Crippen LogP contribution < -0.4 is 10.2 Å². The molecule has 1 unspecified atom stereocenters. The third-order valence-electron chi connectivity index (χ3n) is 2.84. The molecule has 1 aromatic carbocycles. The van der Waals surface area contributed by atoms with E-state index in [4.69, 9.17) is 5.11 Å². The summed E-state index contributed by atoms with van der Waals surface area (Å²) < 4.78 is 0. The van der Waals surface area contributed by atoms with Gasteiger partial charge in [-0.2, -0.15) is 0 Å². The number of rotatable bonds is 6. The Balaban J connectivity index is 2.44. The molecule has 0 aromatic heterocycles. The van der Waals surface area contributed by atoms with E-state index in [9.17, 15) is 9.59 Å². The number of carboxylic acids is 1. The SMILES string of the molecule is CC(NC(=O)CCc1ccc(N(C)C)cc1)C(=O)O. The molecule has 104 valence electrons. The van der Waals surface area contributed by atoms with Crippen molar-refractivity contribution >= 4 is 17.6 Å². The van der Waals surface area contributed by atoms with E-state index in [1.54, 1.807) is 0 Å². The van der Waals surface area contributed by atoms with Crippen molar-refractivity contribution in [3.8, 4) is 0 Å². The van der Waals surface area contributed by atoms with E-state index >= 15 is 0 Å². The molecule has 5 heteroatoms. The molecule has 1 amide bonds. The Hall–Kier alpha value is -2.04. The molecule has 0 aliphatic heterocycles. The minimum Gasteiger partial charge on any atom is -0.480 e. The number of hydrogen-bond acceptors (Lipinski definition) is 3. The summed E-state index contributed by atoms with van der Waals surface area (Å²) in [6.07, 6.45) is 0.894. The topological polar surface area (TPSA) is 69.6 Å². The molecule has 19 heavy (non-hydrogen) atoms. The summed E-state index contributed by atoms with van der Waals surface area (Å²) in [6.45, 7) is 1.45. The van der Waals surface area contributed by atoms with Gasteiger partial charge in [0.1, 0.15) is 6.04 Å². The number of nitrogens with one attached hydrogen (secondary N) is 1. The fraction of sp³-hybridized carbons (Fsp3) is 0.429. The summed E-state index contributed by atoms with van der Waals surface area (Å²) in [5.41, 5.74) is 2.16. The summed E-state index contributed by atoms with van der Waals surface area (Å²) in [5.74, 6) is -1.27. The highest BCUT2D eigenvalue weighted by Gasteiger charge is 2.13. The van der Waals surface area contributed by atoms with Crippen molar-refractivity contribution in [1.82, 2.24) is 5.32 Å². The number of aliphatic carboxylic acids is 1. The lowest BCUT2D eigenvalue weighted by Gasteiger charge is -2.13. The van der Waals surface area contributed by atoms with Gasteiger partial charge in [-0.1, -0.05) is 12.1 Å². The first-order valence-electron chi connectivity index (χ1n) is 6.18. The van der Waals surface area contributed by atoms with E-state index in [1.165, 1.54) is 6.92 Å². The second-order valence-electron chi connectivity index (χ2n) is 4.69. The average molecular weight is 264 g/mol. The number of carbonyl (C=O) groups excluding carboxylic acids is 1. The molecule has 0 saturated carbocycles. The quantitative estimate of drug-likeness (QED) is 0.812. The van der Waals surface area contributed by atoms with E-state index in [2.05, 4.69) is 5.32 Å². The summed E-state index contributed by atoms with van der Waals surface area (Å²) in [6, 6.07) is 7.09. The van der Waals surface area contributed by atoms with E-state index in [0.29, 0.717) is 12.8 Å². The zero-order valence-electron chi connectivity index (χ0n) is 11.5. The van der Waals surface area contributed by atoms with Gasteiger partial charge in [-0.05, 0) is 31.0 Å². The number of carboxylic acid groups (broad SMARTS) is 1. The van der Waals surface area contributed by atoms with Gasteiger partial charge >= 0.3 is 5.97 Å². The van der Waals surface area contributed by atoms with Crippen LogP contribution in [0.2, 0.25) is 0 Å². The Kier molecular flexibility index (Phi) is 5.36. The number of aryl methyl sites for hydroxylation is 1. The first kappa shape index (κ1) is 15.0. The highest BCUT2D eigenvalue weighted by Crippen LogP contribution is 2.13. The van der Waals surface area contributed by atoms with E-state index < -0.39 is 12.0 Å². The van der Waals surface area contributed by atoms with Gasteiger partial charge < -0.3 is 15.3 Å². The maximum atomic E-state index is 11.5. The van der Waals surface area contributed by atoms with Crippen LogP contribution in [0, 0.1) is 0 Å². The lowest BCUT2D eigenvalue weighted by molar-refractivity contribution is -0.141. The Morgan fingerprint density at radius 2 is 1.84 bits per heavy atom. The number of amides is 1. The summed E-state index contributed by atoms with van der Waals surface area (Å²) in [4.78, 5) is 24.1. The van der Waals surface area contributed by atoms with E-state index in [-0.39, 0.29) is 5.91 Å². The average Bonchev–Trinajstić information content (AvgIpc) is 2.36. The van der Waals surface area contributed by atoms with Crippen LogP contribution in [-0.4, -0.2) is 37.1 Å². The van der Waals surface area contributed by atoms with Crippen LogP contribution in [0.5, 0.6) is 0 Å². The maximum Gasteiger partial charge on any atom is 0.325 e. The monoisotopic (exact) mass is 264 g/mol. The molecule has 0 bridgehead atoms. The van der Waals surface area contributed by atoms with Crippen LogP contribution in [-0.2, 0) is 16.0 Å². The van der Waals surface area contributed by atoms with Crippen LogP contribution in [0.3, 0.4) is 0 Å². The predicted molar refractivity (Wildman–Crippen MR) is 74.3 cm³/mol.